The Morgan fingerprint density at radius 2 is 1.97 bits per heavy atom. The van der Waals surface area contributed by atoms with Crippen molar-refractivity contribution >= 4 is 23.4 Å². The molecular weight excluding hydrogens is 475 g/mol. The molecule has 2 unspecified atom stereocenters. The van der Waals surface area contributed by atoms with E-state index in [1.807, 2.05) is 47.9 Å². The summed E-state index contributed by atoms with van der Waals surface area (Å²) in [5.74, 6) is 6.03. The van der Waals surface area contributed by atoms with Gasteiger partial charge < -0.3 is 9.80 Å². The summed E-state index contributed by atoms with van der Waals surface area (Å²) in [7, 11) is 3.66. The summed E-state index contributed by atoms with van der Waals surface area (Å²) >= 11 is 0. The van der Waals surface area contributed by atoms with E-state index in [1.165, 1.54) is 16.8 Å². The maximum Gasteiger partial charge on any atom is 0.213 e. The van der Waals surface area contributed by atoms with Crippen LogP contribution in [0.25, 0.3) is 5.57 Å². The highest BCUT2D eigenvalue weighted by atomic mass is 19.1. The number of amides is 1. The molecule has 5 nitrogen and oxygen atoms in total. The molecule has 0 bridgehead atoms. The maximum absolute atomic E-state index is 14.7. The van der Waals surface area contributed by atoms with Crippen LogP contribution in [0.4, 0.5) is 15.8 Å². The van der Waals surface area contributed by atoms with Crippen LogP contribution in [0.15, 0.2) is 41.9 Å². The summed E-state index contributed by atoms with van der Waals surface area (Å²) in [4.78, 5) is 15.5. The molecule has 6 heteroatoms. The number of benzene rings is 1. The number of carbonyl (C=O) groups is 1. The molecule has 0 spiro atoms. The molecule has 2 aliphatic rings. The fraction of sp³-hybridized carbons (Fsp3) is 0.500. The van der Waals surface area contributed by atoms with Crippen molar-refractivity contribution in [3.05, 3.63) is 58.6 Å². The van der Waals surface area contributed by atoms with Crippen LogP contribution in [0.1, 0.15) is 77.5 Å². The standard InChI is InChI=1S/C28H33FN4O.2C2H6/c1-6-21-13-19(2)27(31(4)18-34)15-28(21)33-12-8-9-22-14-25(23-16-30-32(5)17-23)24(20(3)29)10-7-11-26(22)33;2*1-2/h13-18,20,24H,6,8-9,11-12H2,1-5H3;2*1-2H3/b25-14-;;. The molecule has 0 N–H and O–H groups in total. The number of hydrogen-bond acceptors (Lipinski definition) is 3. The van der Waals surface area contributed by atoms with Crippen LogP contribution in [-0.2, 0) is 18.3 Å². The van der Waals surface area contributed by atoms with Gasteiger partial charge >= 0.3 is 0 Å². The Morgan fingerprint density at radius 1 is 1.26 bits per heavy atom. The lowest BCUT2D eigenvalue weighted by molar-refractivity contribution is -0.107. The van der Waals surface area contributed by atoms with Crippen molar-refractivity contribution in [3.63, 3.8) is 0 Å². The van der Waals surface area contributed by atoms with Gasteiger partial charge in [0.25, 0.3) is 0 Å². The van der Waals surface area contributed by atoms with Gasteiger partial charge in [-0.1, -0.05) is 58.6 Å². The number of alkyl halides is 1. The van der Waals surface area contributed by atoms with Gasteiger partial charge in [-0.25, -0.2) is 4.39 Å². The largest absolute Gasteiger partial charge is 0.344 e. The van der Waals surface area contributed by atoms with Gasteiger partial charge in [0.15, 0.2) is 0 Å². The summed E-state index contributed by atoms with van der Waals surface area (Å²) in [6, 6.07) is 4.31. The first kappa shape index (κ1) is 30.9. The molecule has 1 aromatic carbocycles. The summed E-state index contributed by atoms with van der Waals surface area (Å²) in [5.41, 5.74) is 8.54. The van der Waals surface area contributed by atoms with E-state index in [4.69, 9.17) is 0 Å². The lowest BCUT2D eigenvalue weighted by Gasteiger charge is -2.36. The van der Waals surface area contributed by atoms with Crippen molar-refractivity contribution in [2.75, 3.05) is 23.4 Å². The average Bonchev–Trinajstić information content (AvgIpc) is 3.36. The van der Waals surface area contributed by atoms with Crippen LogP contribution in [0.3, 0.4) is 0 Å². The third-order valence-electron chi connectivity index (χ3n) is 6.81. The van der Waals surface area contributed by atoms with Gasteiger partial charge in [0, 0.05) is 55.9 Å². The second-order valence-corrected chi connectivity index (χ2v) is 9.22. The number of hydrogen-bond donors (Lipinski definition) is 0. The number of nitrogens with zero attached hydrogens (tertiary/aromatic N) is 4. The molecule has 0 fully saturated rings. The van der Waals surface area contributed by atoms with Gasteiger partial charge in [-0.3, -0.25) is 9.48 Å². The van der Waals surface area contributed by atoms with E-state index in [-0.39, 0.29) is 0 Å². The van der Waals surface area contributed by atoms with E-state index < -0.39 is 12.1 Å². The van der Waals surface area contributed by atoms with Crippen molar-refractivity contribution in [2.24, 2.45) is 13.0 Å². The summed E-state index contributed by atoms with van der Waals surface area (Å²) in [6.45, 7) is 14.7. The van der Waals surface area contributed by atoms with Gasteiger partial charge in [0.05, 0.1) is 12.1 Å². The van der Waals surface area contributed by atoms with Crippen LogP contribution in [0.5, 0.6) is 0 Å². The molecule has 1 amide bonds. The van der Waals surface area contributed by atoms with Crippen LogP contribution in [-0.4, -0.2) is 36.0 Å². The molecule has 0 radical (unpaired) electrons. The van der Waals surface area contributed by atoms with Crippen molar-refractivity contribution < 1.29 is 9.18 Å². The molecule has 0 saturated carbocycles. The van der Waals surface area contributed by atoms with Crippen LogP contribution >= 0.6 is 0 Å². The third-order valence-corrected chi connectivity index (χ3v) is 6.81. The molecule has 206 valence electrons. The Labute approximate surface area is 229 Å². The van der Waals surface area contributed by atoms with Gasteiger partial charge in [0.2, 0.25) is 6.41 Å². The smallest absolute Gasteiger partial charge is 0.213 e. The van der Waals surface area contributed by atoms with E-state index in [1.54, 1.807) is 29.7 Å². The highest BCUT2D eigenvalue weighted by Crippen LogP contribution is 2.39. The zero-order valence-corrected chi connectivity index (χ0v) is 24.7. The predicted octanol–water partition coefficient (Wildman–Crippen LogP) is 7.26. The predicted molar refractivity (Wildman–Crippen MR) is 159 cm³/mol. The number of allylic oxidation sites excluding steroid dienone is 4. The van der Waals surface area contributed by atoms with Gasteiger partial charge in [-0.15, -0.1) is 0 Å². The highest BCUT2D eigenvalue weighted by molar-refractivity contribution is 5.80. The molecular formula is C32H45FN4O. The highest BCUT2D eigenvalue weighted by Gasteiger charge is 2.28. The topological polar surface area (TPSA) is 41.4 Å². The first-order chi connectivity index (χ1) is 18.3. The Bertz CT molecular complexity index is 1210. The number of aryl methyl sites for hydroxylation is 3. The first-order valence-electron chi connectivity index (χ1n) is 14.0. The molecule has 1 aromatic heterocycles. The second kappa shape index (κ2) is 14.6. The van der Waals surface area contributed by atoms with Crippen molar-refractivity contribution in [1.29, 1.82) is 0 Å². The lowest BCUT2D eigenvalue weighted by atomic mass is 9.85. The SMILES string of the molecule is CC.CC.CCc1cc(C)c(N(C)C=O)cc1N1CCCC2=C1CC#CC(C(C)F)/C(c1cnn(C)c1)=C\2. The minimum atomic E-state index is -1.08. The molecule has 2 atom stereocenters. The zero-order valence-electron chi connectivity index (χ0n) is 24.7. The normalized spacial score (nSPS) is 18.5. The van der Waals surface area contributed by atoms with Crippen LogP contribution < -0.4 is 9.80 Å². The van der Waals surface area contributed by atoms with Crippen molar-refractivity contribution in [3.8, 4) is 11.8 Å². The minimum Gasteiger partial charge on any atom is -0.344 e. The number of halogens is 1. The monoisotopic (exact) mass is 520 g/mol. The molecule has 0 saturated heterocycles. The maximum atomic E-state index is 14.7. The molecule has 1 aliphatic carbocycles. The van der Waals surface area contributed by atoms with E-state index in [2.05, 4.69) is 47.0 Å². The number of anilines is 2. The van der Waals surface area contributed by atoms with Crippen molar-refractivity contribution in [1.82, 2.24) is 9.78 Å². The number of rotatable bonds is 6. The quantitative estimate of drug-likeness (QED) is 0.297. The van der Waals surface area contributed by atoms with Crippen molar-refractivity contribution in [2.45, 2.75) is 80.3 Å². The number of aromatic nitrogens is 2. The summed E-state index contributed by atoms with van der Waals surface area (Å²) in [5, 5.41) is 4.32. The third kappa shape index (κ3) is 6.75. The van der Waals surface area contributed by atoms with E-state index in [0.29, 0.717) is 6.42 Å². The minimum absolute atomic E-state index is 0.480. The molecule has 2 aromatic rings. The fourth-order valence-corrected chi connectivity index (χ4v) is 5.02. The molecule has 38 heavy (non-hydrogen) atoms. The summed E-state index contributed by atoms with van der Waals surface area (Å²) in [6.07, 6.45) is 9.05. The fourth-order valence-electron chi connectivity index (χ4n) is 5.02. The Hall–Kier alpha value is -3.33. The average molecular weight is 521 g/mol. The number of carbonyl (C=O) groups excluding carboxylic acids is 1. The second-order valence-electron chi connectivity index (χ2n) is 9.22. The van der Waals surface area contributed by atoms with Crippen LogP contribution in [0, 0.1) is 24.7 Å². The Morgan fingerprint density at radius 3 is 2.55 bits per heavy atom. The van der Waals surface area contributed by atoms with E-state index in [0.717, 1.165) is 60.3 Å². The van der Waals surface area contributed by atoms with Crippen LogP contribution in [0.2, 0.25) is 0 Å². The summed E-state index contributed by atoms with van der Waals surface area (Å²) < 4.78 is 16.4. The van der Waals surface area contributed by atoms with Gasteiger partial charge in [-0.05, 0) is 61.4 Å². The Balaban J connectivity index is 0.00000121. The lowest BCUT2D eigenvalue weighted by Crippen LogP contribution is -2.30. The van der Waals surface area contributed by atoms with Gasteiger partial charge in [-0.2, -0.15) is 5.10 Å². The Kier molecular flexibility index (Phi) is 11.8. The molecule has 2 heterocycles. The van der Waals surface area contributed by atoms with Gasteiger partial charge in [0.1, 0.15) is 6.17 Å². The molecule has 1 aliphatic heterocycles. The van der Waals surface area contributed by atoms with E-state index >= 15 is 0 Å². The zero-order chi connectivity index (χ0) is 28.4. The van der Waals surface area contributed by atoms with E-state index in [9.17, 15) is 9.18 Å². The molecule has 4 rings (SSSR count). The first-order valence-corrected chi connectivity index (χ1v) is 14.0.